The van der Waals surface area contributed by atoms with E-state index in [1.807, 2.05) is 6.92 Å². The Bertz CT molecular complexity index is 5190. The van der Waals surface area contributed by atoms with Crippen molar-refractivity contribution in [1.29, 1.82) is 0 Å². The van der Waals surface area contributed by atoms with E-state index in [0.717, 1.165) is 16.7 Å². The molecule has 10 rings (SSSR count). The molecule has 3 fully saturated rings. The van der Waals surface area contributed by atoms with E-state index in [2.05, 4.69) is 47.5 Å². The van der Waals surface area contributed by atoms with E-state index in [9.17, 15) is 39.3 Å². The highest BCUT2D eigenvalue weighted by molar-refractivity contribution is 8.00. The third-order valence-electron chi connectivity index (χ3n) is 24.4. The van der Waals surface area contributed by atoms with Crippen molar-refractivity contribution in [3.8, 4) is 11.5 Å². The van der Waals surface area contributed by atoms with Gasteiger partial charge in [-0.05, 0) is 108 Å². The number of rotatable bonds is 22. The highest BCUT2D eigenvalue weighted by Gasteiger charge is 2.52. The summed E-state index contributed by atoms with van der Waals surface area (Å²) < 4.78 is 0. The number of carbonyl (C=O) groups is 15. The van der Waals surface area contributed by atoms with Gasteiger partial charge in [-0.3, -0.25) is 72.0 Å². The molecule has 4 heterocycles. The van der Waals surface area contributed by atoms with E-state index >= 15 is 47.9 Å². The molecule has 0 aliphatic carbocycles. The molecule has 0 bridgehead atoms. The van der Waals surface area contributed by atoms with Crippen molar-refractivity contribution in [2.24, 2.45) is 17.6 Å². The second-order valence-corrected chi connectivity index (χ2v) is 36.3. The number of aromatic nitrogens is 1. The van der Waals surface area contributed by atoms with Crippen LogP contribution in [0.25, 0.3) is 10.9 Å². The van der Waals surface area contributed by atoms with Gasteiger partial charge in [-0.25, -0.2) is 0 Å². The number of unbranched alkanes of at least 4 members (excludes halogenated alkanes) is 1. The normalized spacial score (nSPS) is 24.4. The predicted octanol–water partition coefficient (Wildman–Crippen LogP) is 2.90. The summed E-state index contributed by atoms with van der Waals surface area (Å²) in [5.74, 6) is -13.5. The first kappa shape index (κ1) is 101. The lowest BCUT2D eigenvalue weighted by Crippen LogP contribution is -2.63. The number of aromatic amines is 1. The molecule has 13 atom stereocenters. The van der Waals surface area contributed by atoms with Crippen LogP contribution < -0.4 is 48.3 Å². The molecule has 132 heavy (non-hydrogen) atoms. The Kier molecular flexibility index (Phi) is 36.5. The molecular weight excluding hydrogens is 1710 g/mol. The van der Waals surface area contributed by atoms with Gasteiger partial charge in [-0.15, -0.1) is 11.8 Å². The number of nitrogens with zero attached hydrogens (tertiary/aromatic N) is 6. The molecule has 6 aromatic carbocycles. The molecule has 0 saturated carbocycles. The Morgan fingerprint density at radius 2 is 1.05 bits per heavy atom. The summed E-state index contributed by atoms with van der Waals surface area (Å²) in [7, 11) is 5.55. The molecule has 7 aromatic rings. The van der Waals surface area contributed by atoms with Crippen LogP contribution in [0.15, 0.2) is 170 Å². The highest BCUT2D eigenvalue weighted by Crippen LogP contribution is 2.35. The molecule has 14 N–H and O–H groups in total. The summed E-state index contributed by atoms with van der Waals surface area (Å²) in [4.78, 5) is 236. The third kappa shape index (κ3) is 27.6. The van der Waals surface area contributed by atoms with Gasteiger partial charge in [0.05, 0.1) is 31.0 Å². The monoisotopic (exact) mass is 1830 g/mol. The van der Waals surface area contributed by atoms with Gasteiger partial charge < -0.3 is 97.9 Å². The number of fused-ring (bicyclic) bond motifs is 3. The van der Waals surface area contributed by atoms with Crippen LogP contribution >= 0.6 is 11.8 Å². The number of para-hydroxylation sites is 1. The number of phenolic OH excluding ortho intramolecular Hbond substituents is 2. The summed E-state index contributed by atoms with van der Waals surface area (Å²) in [6.45, 7) is 6.99. The minimum Gasteiger partial charge on any atom is -0.508 e. The zero-order valence-electron chi connectivity index (χ0n) is 76.1. The fraction of sp³-hybridized carbons (Fsp3) is 0.454. The predicted molar refractivity (Wildman–Crippen MR) is 496 cm³/mol. The molecule has 0 unspecified atom stereocenters. The first-order chi connectivity index (χ1) is 63.0. The van der Waals surface area contributed by atoms with E-state index in [1.54, 1.807) is 154 Å². The van der Waals surface area contributed by atoms with Crippen LogP contribution in [0.4, 0.5) is 0 Å². The zero-order chi connectivity index (χ0) is 95.6. The quantitative estimate of drug-likeness (QED) is 0.0434. The number of amides is 14. The number of hydrogen-bond donors (Lipinski definition) is 13. The Hall–Kier alpha value is -13.0. The Balaban J connectivity index is 1.04. The van der Waals surface area contributed by atoms with Crippen LogP contribution in [-0.4, -0.2) is 289 Å². The molecule has 3 saturated heterocycles. The smallest absolute Gasteiger partial charge is 0.246 e. The number of aldehydes is 1. The number of aromatic hydroxyl groups is 2. The molecule has 34 nitrogen and oxygen atoms in total. The topological polar surface area (TPSA) is 474 Å². The van der Waals surface area contributed by atoms with Gasteiger partial charge in [0, 0.05) is 109 Å². The number of aliphatic hydroxyl groups excluding tert-OH is 1. The standard InChI is InChI=1S/C97H124N16O18S/c1-10-11-32-78-95(130)113-42-23-41-97(113,58-114)57-112-53-69(117)50-80(112)91(126)107-85(60(4)5)96(131)110(8)79(47-62-26-17-13-18-27-62)90(125)105-75(46-65-35-39-68(116)40-36-65)92(127)108(6)54-83(119)101-74(49-66-51-99-71-31-22-21-30-70(66)71)89(124)104-73(44-64-33-37-67(115)38-34-64)88(123)103-72(43-59(2)3)87(122)106-77(86(121)100-52-82(98)118)55-132-56-84(120)102-76(45-61-24-15-12-16-25-61)93(128)111(9)81(94(129)109(78)7)48-63-28-19-14-20-29-63/h12-22,24-31,33-40,51,58-60,69,72-81,85,99,115-117H,10-11,23,32,41-50,52-57H2,1-9H3,(H2,98,118)(H,100,121)(H,101,119)(H,102,120)(H,103,123)(H,104,124)(H,105,125)(H,106,122)(H,107,126)/t69-,72+,73+,74+,75+,76+,77+,78+,79+,80+,81+,85+,97+/m1/s1. The number of nitrogens with one attached hydrogen (secondary N) is 9. The van der Waals surface area contributed by atoms with Crippen LogP contribution in [-0.2, 0) is 110 Å². The van der Waals surface area contributed by atoms with Crippen molar-refractivity contribution >= 4 is 112 Å². The number of phenols is 2. The maximum Gasteiger partial charge on any atom is 0.246 e. The molecule has 706 valence electrons. The summed E-state index contributed by atoms with van der Waals surface area (Å²) in [5.41, 5.74) is 7.71. The van der Waals surface area contributed by atoms with Gasteiger partial charge in [-0.2, -0.15) is 0 Å². The first-order valence-corrected chi connectivity index (χ1v) is 45.9. The number of benzene rings is 6. The molecule has 14 amide bonds. The van der Waals surface area contributed by atoms with Gasteiger partial charge in [0.2, 0.25) is 82.7 Å². The molecule has 3 aliphatic heterocycles. The van der Waals surface area contributed by atoms with E-state index in [1.165, 1.54) is 96.3 Å². The Morgan fingerprint density at radius 3 is 1.63 bits per heavy atom. The average molecular weight is 1830 g/mol. The summed E-state index contributed by atoms with van der Waals surface area (Å²) >= 11 is 0.852. The summed E-state index contributed by atoms with van der Waals surface area (Å²) in [6, 6.07) is 29.3. The van der Waals surface area contributed by atoms with Crippen LogP contribution in [0.3, 0.4) is 0 Å². The van der Waals surface area contributed by atoms with Crippen LogP contribution in [0, 0.1) is 11.8 Å². The molecule has 0 spiro atoms. The van der Waals surface area contributed by atoms with Crippen LogP contribution in [0.5, 0.6) is 11.5 Å². The van der Waals surface area contributed by atoms with Gasteiger partial charge >= 0.3 is 0 Å². The van der Waals surface area contributed by atoms with Crippen molar-refractivity contribution in [3.63, 3.8) is 0 Å². The molecule has 35 heteroatoms. The van der Waals surface area contributed by atoms with E-state index in [0.29, 0.717) is 69.8 Å². The number of likely N-dealkylation sites (N-methyl/N-ethyl adjacent to an activating group) is 4. The van der Waals surface area contributed by atoms with Crippen molar-refractivity contribution < 1.29 is 87.2 Å². The Morgan fingerprint density at radius 1 is 0.545 bits per heavy atom. The van der Waals surface area contributed by atoms with E-state index in [4.69, 9.17) is 5.73 Å². The maximum absolute atomic E-state index is 15.9. The average Bonchev–Trinajstić information content (AvgIpc) is 1.62. The largest absolute Gasteiger partial charge is 0.508 e. The van der Waals surface area contributed by atoms with E-state index in [-0.39, 0.29) is 107 Å². The number of nitrogens with two attached hydrogens (primary N) is 1. The van der Waals surface area contributed by atoms with Gasteiger partial charge in [-0.1, -0.05) is 181 Å². The fourth-order valence-corrected chi connectivity index (χ4v) is 18.0. The number of thioether (sulfide) groups is 1. The van der Waals surface area contributed by atoms with Crippen LogP contribution in [0.1, 0.15) is 113 Å². The second kappa shape index (κ2) is 47.7. The van der Waals surface area contributed by atoms with Crippen molar-refractivity contribution in [2.75, 3.05) is 72.4 Å². The van der Waals surface area contributed by atoms with Crippen LogP contribution in [0.2, 0.25) is 0 Å². The fourth-order valence-electron chi connectivity index (χ4n) is 17.2. The SMILES string of the molecule is CCCC[C@H]1C(=O)N2CCC[C@@]2(C=O)CN2C[C@H](O)C[C@H]2C(=O)N[C@@H](C(C)C)C(=O)N(C)[C@@H](Cc2ccccc2)C(=O)N[C@@H](Cc2ccc(O)cc2)C(=O)N(C)CC(=O)N[C@@H](Cc2c[nH]c3ccccc23)C(=O)N[C@@H](Cc2ccc(O)cc2)C(=O)N[C@@H](CC(C)C)C(=O)N[C@H](C(=O)NCC(N)=O)CSCC(=O)N[C@@H](Cc2ccccc2)C(=O)N(C)[C@@H](Cc2ccccc2)C(=O)N1C. The maximum atomic E-state index is 15.9. The molecule has 3 aliphatic rings. The first-order valence-electron chi connectivity index (χ1n) is 44.8. The molecule has 1 aromatic heterocycles. The minimum atomic E-state index is -1.64. The number of aliphatic hydroxyl groups is 1. The number of primary amides is 1. The lowest BCUT2D eigenvalue weighted by molar-refractivity contribution is -0.154. The van der Waals surface area contributed by atoms with Crippen molar-refractivity contribution in [3.05, 3.63) is 203 Å². The Labute approximate surface area is 772 Å². The third-order valence-corrected chi connectivity index (χ3v) is 25.5. The van der Waals surface area contributed by atoms with Crippen molar-refractivity contribution in [1.82, 2.24) is 76.9 Å². The molecule has 0 radical (unpaired) electrons. The minimum absolute atomic E-state index is 0.0461. The second-order valence-electron chi connectivity index (χ2n) is 35.3. The van der Waals surface area contributed by atoms with Gasteiger partial charge in [0.1, 0.15) is 83.7 Å². The van der Waals surface area contributed by atoms with E-state index < -0.39 is 186 Å². The highest BCUT2D eigenvalue weighted by atomic mass is 32.2. The lowest BCUT2D eigenvalue weighted by atomic mass is 9.94. The number of hydrogen-bond acceptors (Lipinski definition) is 20. The number of H-pyrrole nitrogens is 1. The molecular formula is C97H124N16O18S. The summed E-state index contributed by atoms with van der Waals surface area (Å²) in [6.07, 6.45) is 1.32. The summed E-state index contributed by atoms with van der Waals surface area (Å²) in [5, 5.41) is 55.2. The number of carbonyl (C=O) groups excluding carboxylic acids is 15. The van der Waals surface area contributed by atoms with Gasteiger partial charge in [0.15, 0.2) is 0 Å². The zero-order valence-corrected chi connectivity index (χ0v) is 76.9. The van der Waals surface area contributed by atoms with Crippen molar-refractivity contribution in [2.45, 2.75) is 196 Å². The lowest BCUT2D eigenvalue weighted by Gasteiger charge is -2.42. The van der Waals surface area contributed by atoms with Gasteiger partial charge in [0.25, 0.3) is 0 Å².